The highest BCUT2D eigenvalue weighted by molar-refractivity contribution is 7.98. The van der Waals surface area contributed by atoms with Crippen LogP contribution in [0.25, 0.3) is 0 Å². The van der Waals surface area contributed by atoms with Crippen LogP contribution in [0.3, 0.4) is 0 Å². The summed E-state index contributed by atoms with van der Waals surface area (Å²) in [5, 5.41) is 3.83. The molecule has 0 aliphatic rings. The maximum Gasteiger partial charge on any atom is 0.187 e. The van der Waals surface area contributed by atoms with Gasteiger partial charge in [-0.25, -0.2) is 15.0 Å². The van der Waals surface area contributed by atoms with E-state index >= 15 is 0 Å². The minimum atomic E-state index is 0.804. The Labute approximate surface area is 105 Å². The van der Waals surface area contributed by atoms with Gasteiger partial charge < -0.3 is 5.32 Å². The highest BCUT2D eigenvalue weighted by Gasteiger charge is 2.00. The van der Waals surface area contributed by atoms with Crippen molar-refractivity contribution < 1.29 is 0 Å². The third-order valence-corrected chi connectivity index (χ3v) is 3.15. The third kappa shape index (κ3) is 3.42. The van der Waals surface area contributed by atoms with Gasteiger partial charge in [0, 0.05) is 31.4 Å². The zero-order chi connectivity index (χ0) is 12.1. The second kappa shape index (κ2) is 5.63. The smallest absolute Gasteiger partial charge is 0.187 e. The monoisotopic (exact) mass is 246 g/mol. The molecule has 88 valence electrons. The van der Waals surface area contributed by atoms with Crippen molar-refractivity contribution in [2.24, 2.45) is 0 Å². The van der Waals surface area contributed by atoms with Crippen LogP contribution in [-0.2, 0) is 5.75 Å². The van der Waals surface area contributed by atoms with E-state index in [1.54, 1.807) is 18.0 Å². The molecular formula is C12H14N4S. The molecule has 5 heteroatoms. The first-order valence-corrected chi connectivity index (χ1v) is 6.30. The summed E-state index contributed by atoms with van der Waals surface area (Å²) in [5.41, 5.74) is 2.29. The molecule has 0 amide bonds. The van der Waals surface area contributed by atoms with E-state index in [0.29, 0.717) is 0 Å². The highest BCUT2D eigenvalue weighted by atomic mass is 32.2. The first-order valence-electron chi connectivity index (χ1n) is 5.32. The second-order valence-corrected chi connectivity index (χ2v) is 4.57. The molecule has 0 radical (unpaired) electrons. The van der Waals surface area contributed by atoms with Gasteiger partial charge in [0.15, 0.2) is 5.16 Å². The number of aromatic nitrogens is 3. The van der Waals surface area contributed by atoms with E-state index in [2.05, 4.69) is 20.3 Å². The van der Waals surface area contributed by atoms with Crippen LogP contribution in [0.4, 0.5) is 5.82 Å². The van der Waals surface area contributed by atoms with Crippen molar-refractivity contribution in [3.63, 3.8) is 0 Å². The summed E-state index contributed by atoms with van der Waals surface area (Å²) < 4.78 is 0. The van der Waals surface area contributed by atoms with Crippen molar-refractivity contribution in [3.8, 4) is 0 Å². The summed E-state index contributed by atoms with van der Waals surface area (Å²) in [6, 6.07) is 4.03. The number of aryl methyl sites for hydroxylation is 1. The molecule has 2 aromatic heterocycles. The normalized spacial score (nSPS) is 10.2. The van der Waals surface area contributed by atoms with Gasteiger partial charge in [0.1, 0.15) is 5.82 Å². The van der Waals surface area contributed by atoms with Gasteiger partial charge in [-0.1, -0.05) is 11.8 Å². The first kappa shape index (κ1) is 11.9. The third-order valence-electron chi connectivity index (χ3n) is 2.21. The predicted octanol–water partition coefficient (Wildman–Crippen LogP) is 2.51. The first-order chi connectivity index (χ1) is 8.28. The molecule has 17 heavy (non-hydrogen) atoms. The molecule has 4 nitrogen and oxygen atoms in total. The Morgan fingerprint density at radius 3 is 2.71 bits per heavy atom. The van der Waals surface area contributed by atoms with Gasteiger partial charge >= 0.3 is 0 Å². The lowest BCUT2D eigenvalue weighted by Crippen LogP contribution is -1.93. The van der Waals surface area contributed by atoms with Crippen molar-refractivity contribution in [1.29, 1.82) is 0 Å². The minimum absolute atomic E-state index is 0.804. The topological polar surface area (TPSA) is 50.7 Å². The van der Waals surface area contributed by atoms with Crippen LogP contribution < -0.4 is 5.32 Å². The minimum Gasteiger partial charge on any atom is -0.373 e. The summed E-state index contributed by atoms with van der Waals surface area (Å²) in [7, 11) is 1.86. The number of nitrogens with zero attached hydrogens (tertiary/aromatic N) is 3. The van der Waals surface area contributed by atoms with Crippen LogP contribution in [0.1, 0.15) is 11.1 Å². The molecule has 0 aliphatic carbocycles. The fraction of sp³-hybridized carbons (Fsp3) is 0.250. The number of hydrogen-bond donors (Lipinski definition) is 1. The average molecular weight is 246 g/mol. The standard InChI is InChI=1S/C12H14N4S/c1-9-6-15-12(16-7-9)17-8-10-3-4-14-11(5-10)13-2/h3-7H,8H2,1-2H3,(H,13,14). The van der Waals surface area contributed by atoms with E-state index in [1.165, 1.54) is 5.56 Å². The molecule has 2 rings (SSSR count). The summed E-state index contributed by atoms with van der Waals surface area (Å²) in [4.78, 5) is 12.7. The highest BCUT2D eigenvalue weighted by Crippen LogP contribution is 2.19. The van der Waals surface area contributed by atoms with Gasteiger partial charge in [-0.15, -0.1) is 0 Å². The molecule has 1 N–H and O–H groups in total. The van der Waals surface area contributed by atoms with Crippen molar-refractivity contribution in [1.82, 2.24) is 15.0 Å². The zero-order valence-electron chi connectivity index (χ0n) is 9.84. The van der Waals surface area contributed by atoms with E-state index in [9.17, 15) is 0 Å². The van der Waals surface area contributed by atoms with Gasteiger partial charge in [-0.2, -0.15) is 0 Å². The Bertz CT molecular complexity index is 484. The molecule has 0 atom stereocenters. The zero-order valence-corrected chi connectivity index (χ0v) is 10.7. The molecule has 0 unspecified atom stereocenters. The van der Waals surface area contributed by atoms with Crippen LogP contribution in [0.5, 0.6) is 0 Å². The van der Waals surface area contributed by atoms with E-state index in [1.807, 2.05) is 38.5 Å². The van der Waals surface area contributed by atoms with Gasteiger partial charge in [0.2, 0.25) is 0 Å². The van der Waals surface area contributed by atoms with Crippen molar-refractivity contribution in [3.05, 3.63) is 41.9 Å². The van der Waals surface area contributed by atoms with Gasteiger partial charge in [-0.3, -0.25) is 0 Å². The van der Waals surface area contributed by atoms with Crippen LogP contribution >= 0.6 is 11.8 Å². The maximum absolute atomic E-state index is 4.26. The number of nitrogens with one attached hydrogen (secondary N) is 1. The Hall–Kier alpha value is -1.62. The molecule has 0 saturated carbocycles. The van der Waals surface area contributed by atoms with E-state index in [-0.39, 0.29) is 0 Å². The number of pyridine rings is 1. The molecule has 2 heterocycles. The number of anilines is 1. The number of hydrogen-bond acceptors (Lipinski definition) is 5. The lowest BCUT2D eigenvalue weighted by atomic mass is 10.3. The summed E-state index contributed by atoms with van der Waals surface area (Å²) in [6.07, 6.45) is 5.47. The van der Waals surface area contributed by atoms with Crippen LogP contribution in [0.2, 0.25) is 0 Å². The molecule has 0 aromatic carbocycles. The predicted molar refractivity (Wildman–Crippen MR) is 70.1 cm³/mol. The summed E-state index contributed by atoms with van der Waals surface area (Å²) >= 11 is 1.62. The largest absolute Gasteiger partial charge is 0.373 e. The average Bonchev–Trinajstić information content (AvgIpc) is 2.38. The SMILES string of the molecule is CNc1cc(CSc2ncc(C)cn2)ccn1. The maximum atomic E-state index is 4.26. The molecule has 0 saturated heterocycles. The lowest BCUT2D eigenvalue weighted by molar-refractivity contribution is 0.949. The van der Waals surface area contributed by atoms with E-state index in [4.69, 9.17) is 0 Å². The lowest BCUT2D eigenvalue weighted by Gasteiger charge is -2.03. The molecule has 0 bridgehead atoms. The summed E-state index contributed by atoms with van der Waals surface area (Å²) in [6.45, 7) is 1.98. The van der Waals surface area contributed by atoms with Gasteiger partial charge in [-0.05, 0) is 30.2 Å². The van der Waals surface area contributed by atoms with Gasteiger partial charge in [0.05, 0.1) is 0 Å². The number of rotatable bonds is 4. The van der Waals surface area contributed by atoms with Crippen LogP contribution in [0, 0.1) is 6.92 Å². The van der Waals surface area contributed by atoms with E-state index < -0.39 is 0 Å². The van der Waals surface area contributed by atoms with Crippen LogP contribution in [0.15, 0.2) is 35.9 Å². The number of thioether (sulfide) groups is 1. The second-order valence-electron chi connectivity index (χ2n) is 3.63. The Kier molecular flexibility index (Phi) is 3.93. The molecule has 0 fully saturated rings. The quantitative estimate of drug-likeness (QED) is 0.663. The Morgan fingerprint density at radius 1 is 1.24 bits per heavy atom. The summed E-state index contributed by atoms with van der Waals surface area (Å²) in [5.74, 6) is 1.73. The van der Waals surface area contributed by atoms with Gasteiger partial charge in [0.25, 0.3) is 0 Å². The van der Waals surface area contributed by atoms with Crippen molar-refractivity contribution >= 4 is 17.6 Å². The van der Waals surface area contributed by atoms with Crippen LogP contribution in [-0.4, -0.2) is 22.0 Å². The van der Waals surface area contributed by atoms with Crippen molar-refractivity contribution in [2.75, 3.05) is 12.4 Å². The molecule has 2 aromatic rings. The Morgan fingerprint density at radius 2 is 2.00 bits per heavy atom. The molecule has 0 aliphatic heterocycles. The van der Waals surface area contributed by atoms with Crippen molar-refractivity contribution in [2.45, 2.75) is 17.8 Å². The molecular weight excluding hydrogens is 232 g/mol. The van der Waals surface area contributed by atoms with E-state index in [0.717, 1.165) is 22.3 Å². The fourth-order valence-corrected chi connectivity index (χ4v) is 2.03. The fourth-order valence-electron chi connectivity index (χ4n) is 1.30. The Balaban J connectivity index is 1.99. The molecule has 0 spiro atoms.